The molecule has 0 radical (unpaired) electrons. The highest BCUT2D eigenvalue weighted by Gasteiger charge is 2.22. The highest BCUT2D eigenvalue weighted by atomic mass is 19.1. The highest BCUT2D eigenvalue weighted by Crippen LogP contribution is 2.28. The minimum absolute atomic E-state index is 0.0786. The van der Waals surface area contributed by atoms with E-state index in [9.17, 15) is 13.6 Å². The Morgan fingerprint density at radius 1 is 1.32 bits per heavy atom. The van der Waals surface area contributed by atoms with Crippen molar-refractivity contribution in [2.24, 2.45) is 0 Å². The van der Waals surface area contributed by atoms with Crippen LogP contribution in [0.5, 0.6) is 0 Å². The Hall–Kier alpha value is -2.24. The molecule has 0 spiro atoms. The fourth-order valence-electron chi connectivity index (χ4n) is 2.36. The van der Waals surface area contributed by atoms with Gasteiger partial charge in [-0.25, -0.2) is 13.8 Å². The smallest absolute Gasteiger partial charge is 0.255 e. The van der Waals surface area contributed by atoms with Crippen LogP contribution < -0.4 is 10.9 Å². The molecule has 0 unspecified atom stereocenters. The lowest BCUT2D eigenvalue weighted by Crippen LogP contribution is -2.20. The van der Waals surface area contributed by atoms with E-state index in [0.717, 1.165) is 6.42 Å². The molecule has 0 aliphatic carbocycles. The monoisotopic (exact) mass is 307 g/mol. The highest BCUT2D eigenvalue weighted by molar-refractivity contribution is 5.37. The van der Waals surface area contributed by atoms with E-state index in [1.807, 2.05) is 6.92 Å². The van der Waals surface area contributed by atoms with Gasteiger partial charge in [-0.1, -0.05) is 19.9 Å². The molecule has 0 saturated heterocycles. The van der Waals surface area contributed by atoms with Crippen molar-refractivity contribution in [3.8, 4) is 0 Å². The maximum Gasteiger partial charge on any atom is 0.255 e. The molecule has 0 fully saturated rings. The first-order chi connectivity index (χ1) is 10.5. The second-order valence-corrected chi connectivity index (χ2v) is 5.21. The quantitative estimate of drug-likeness (QED) is 0.891. The third-order valence-electron chi connectivity index (χ3n) is 3.57. The van der Waals surface area contributed by atoms with E-state index < -0.39 is 17.6 Å². The van der Waals surface area contributed by atoms with E-state index in [1.54, 1.807) is 13.8 Å². The van der Waals surface area contributed by atoms with Gasteiger partial charge in [0.05, 0.1) is 5.69 Å². The van der Waals surface area contributed by atoms with Gasteiger partial charge in [-0.3, -0.25) is 9.78 Å². The summed E-state index contributed by atoms with van der Waals surface area (Å²) in [6.45, 7) is 5.87. The summed E-state index contributed by atoms with van der Waals surface area (Å²) in [6, 6.07) is 3.72. The molecular weight excluding hydrogens is 288 g/mol. The van der Waals surface area contributed by atoms with Crippen molar-refractivity contribution in [2.75, 3.05) is 11.9 Å². The number of benzene rings is 1. The lowest BCUT2D eigenvalue weighted by atomic mass is 9.94. The zero-order chi connectivity index (χ0) is 16.3. The average molecular weight is 307 g/mol. The van der Waals surface area contributed by atoms with Crippen LogP contribution in [-0.4, -0.2) is 16.5 Å². The van der Waals surface area contributed by atoms with E-state index in [4.69, 9.17) is 0 Å². The van der Waals surface area contributed by atoms with Gasteiger partial charge in [0.25, 0.3) is 5.56 Å². The van der Waals surface area contributed by atoms with Gasteiger partial charge in [0.1, 0.15) is 11.6 Å². The SMILES string of the molecule is CCCNc1nc([C@H](C)c2c(F)cccc2F)c(C)c(=O)[nH]1. The van der Waals surface area contributed by atoms with Gasteiger partial charge in [0.2, 0.25) is 5.95 Å². The first-order valence-electron chi connectivity index (χ1n) is 7.24. The number of anilines is 1. The van der Waals surface area contributed by atoms with Crippen molar-refractivity contribution in [1.29, 1.82) is 0 Å². The standard InChI is InChI=1S/C16H19F2N3O/c1-4-8-19-16-20-14(10(3)15(22)21-16)9(2)13-11(17)6-5-7-12(13)18/h5-7,9H,4,8H2,1-3H3,(H2,19,20,21,22)/t9-/m1/s1. The summed E-state index contributed by atoms with van der Waals surface area (Å²) in [5.41, 5.74) is 0.334. The van der Waals surface area contributed by atoms with Crippen LogP contribution in [0.1, 0.15) is 43.0 Å². The van der Waals surface area contributed by atoms with Gasteiger partial charge in [-0.05, 0) is 25.5 Å². The summed E-state index contributed by atoms with van der Waals surface area (Å²) in [6.07, 6.45) is 0.865. The Morgan fingerprint density at radius 3 is 2.55 bits per heavy atom. The number of hydrogen-bond donors (Lipinski definition) is 2. The molecular formula is C16H19F2N3O. The molecule has 4 nitrogen and oxygen atoms in total. The van der Waals surface area contributed by atoms with Gasteiger partial charge in [-0.2, -0.15) is 0 Å². The molecule has 1 aromatic carbocycles. The van der Waals surface area contributed by atoms with Crippen molar-refractivity contribution in [1.82, 2.24) is 9.97 Å². The Bertz CT molecular complexity index is 708. The first kappa shape index (κ1) is 16.1. The molecule has 118 valence electrons. The van der Waals surface area contributed by atoms with Crippen molar-refractivity contribution >= 4 is 5.95 Å². The molecule has 0 aliphatic heterocycles. The zero-order valence-electron chi connectivity index (χ0n) is 12.8. The van der Waals surface area contributed by atoms with Crippen LogP contribution in [0, 0.1) is 18.6 Å². The van der Waals surface area contributed by atoms with E-state index in [2.05, 4.69) is 15.3 Å². The van der Waals surface area contributed by atoms with Crippen LogP contribution in [0.15, 0.2) is 23.0 Å². The van der Waals surface area contributed by atoms with Crippen LogP contribution in [0.3, 0.4) is 0 Å². The molecule has 22 heavy (non-hydrogen) atoms. The summed E-state index contributed by atoms with van der Waals surface area (Å²) in [5.74, 6) is -1.63. The second-order valence-electron chi connectivity index (χ2n) is 5.21. The lowest BCUT2D eigenvalue weighted by Gasteiger charge is -2.16. The molecule has 2 rings (SSSR count). The molecule has 2 aromatic rings. The predicted molar refractivity (Wildman–Crippen MR) is 82.3 cm³/mol. The maximum atomic E-state index is 14.0. The van der Waals surface area contributed by atoms with Crippen LogP contribution in [0.2, 0.25) is 0 Å². The topological polar surface area (TPSA) is 57.8 Å². The van der Waals surface area contributed by atoms with Gasteiger partial charge < -0.3 is 5.32 Å². The molecule has 1 heterocycles. The summed E-state index contributed by atoms with van der Waals surface area (Å²) >= 11 is 0. The molecule has 6 heteroatoms. The number of aromatic amines is 1. The number of nitrogens with one attached hydrogen (secondary N) is 2. The van der Waals surface area contributed by atoms with E-state index in [1.165, 1.54) is 18.2 Å². The number of hydrogen-bond acceptors (Lipinski definition) is 3. The van der Waals surface area contributed by atoms with Crippen molar-refractivity contribution < 1.29 is 8.78 Å². The summed E-state index contributed by atoms with van der Waals surface area (Å²) < 4.78 is 27.9. The normalized spacial score (nSPS) is 12.2. The van der Waals surface area contributed by atoms with E-state index in [-0.39, 0.29) is 11.1 Å². The number of aromatic nitrogens is 2. The van der Waals surface area contributed by atoms with Gasteiger partial charge in [-0.15, -0.1) is 0 Å². The third-order valence-corrected chi connectivity index (χ3v) is 3.57. The number of halogens is 2. The average Bonchev–Trinajstić information content (AvgIpc) is 2.48. The van der Waals surface area contributed by atoms with Crippen molar-refractivity contribution in [3.63, 3.8) is 0 Å². The Kier molecular flexibility index (Phi) is 4.90. The Morgan fingerprint density at radius 2 is 1.95 bits per heavy atom. The largest absolute Gasteiger partial charge is 0.356 e. The second kappa shape index (κ2) is 6.68. The zero-order valence-corrected chi connectivity index (χ0v) is 12.8. The minimum Gasteiger partial charge on any atom is -0.356 e. The van der Waals surface area contributed by atoms with Crippen LogP contribution in [-0.2, 0) is 0 Å². The first-order valence-corrected chi connectivity index (χ1v) is 7.24. The van der Waals surface area contributed by atoms with Gasteiger partial charge in [0, 0.05) is 23.6 Å². The van der Waals surface area contributed by atoms with E-state index >= 15 is 0 Å². The van der Waals surface area contributed by atoms with Crippen LogP contribution in [0.25, 0.3) is 0 Å². The Balaban J connectivity index is 2.51. The molecule has 2 N–H and O–H groups in total. The number of rotatable bonds is 5. The Labute approximate surface area is 127 Å². The fraction of sp³-hybridized carbons (Fsp3) is 0.375. The minimum atomic E-state index is -0.661. The number of H-pyrrole nitrogens is 1. The predicted octanol–water partition coefficient (Wildman–Crippen LogP) is 3.33. The molecule has 0 aliphatic rings. The lowest BCUT2D eigenvalue weighted by molar-refractivity contribution is 0.544. The molecule has 1 atom stereocenters. The van der Waals surface area contributed by atoms with Crippen molar-refractivity contribution in [3.05, 3.63) is 57.0 Å². The molecule has 0 saturated carbocycles. The molecule has 0 amide bonds. The van der Waals surface area contributed by atoms with Crippen LogP contribution >= 0.6 is 0 Å². The fourth-order valence-corrected chi connectivity index (χ4v) is 2.36. The summed E-state index contributed by atoms with van der Waals surface area (Å²) in [4.78, 5) is 19.0. The molecule has 1 aromatic heterocycles. The third kappa shape index (κ3) is 3.16. The van der Waals surface area contributed by atoms with Gasteiger partial charge >= 0.3 is 0 Å². The summed E-state index contributed by atoms with van der Waals surface area (Å²) in [7, 11) is 0. The van der Waals surface area contributed by atoms with Crippen LogP contribution in [0.4, 0.5) is 14.7 Å². The van der Waals surface area contributed by atoms with E-state index in [0.29, 0.717) is 23.8 Å². The maximum absolute atomic E-state index is 14.0. The summed E-state index contributed by atoms with van der Waals surface area (Å²) in [5, 5.41) is 2.98. The molecule has 0 bridgehead atoms. The van der Waals surface area contributed by atoms with Crippen molar-refractivity contribution in [2.45, 2.75) is 33.1 Å². The number of nitrogens with zero attached hydrogens (tertiary/aromatic N) is 1. The van der Waals surface area contributed by atoms with Gasteiger partial charge in [0.15, 0.2) is 0 Å².